The minimum atomic E-state index is -2.48. The van der Waals surface area contributed by atoms with E-state index in [1.807, 2.05) is 0 Å². The van der Waals surface area contributed by atoms with Gasteiger partial charge in [0.25, 0.3) is 0 Å². The van der Waals surface area contributed by atoms with Crippen molar-refractivity contribution in [3.05, 3.63) is 4.91 Å². The molecular weight excluding hydrogens is 128 g/mol. The summed E-state index contributed by atoms with van der Waals surface area (Å²) < 4.78 is 10.4. The molecule has 0 aromatic rings. The molecule has 0 radical (unpaired) electrons. The number of nitrogens with two attached hydrogens (primary N) is 1. The Morgan fingerprint density at radius 1 is 1.75 bits per heavy atom. The Hall–Kier alpha value is -0.420. The molecule has 8 heavy (non-hydrogen) atoms. The molecule has 0 heterocycles. The first-order valence-electron chi connectivity index (χ1n) is 1.98. The van der Waals surface area contributed by atoms with Crippen molar-refractivity contribution in [1.29, 1.82) is 0 Å². The van der Waals surface area contributed by atoms with Gasteiger partial charge in [0.15, 0.2) is 0 Å². The van der Waals surface area contributed by atoms with E-state index in [1.165, 1.54) is 0 Å². The van der Waals surface area contributed by atoms with E-state index in [0.717, 1.165) is 0 Å². The predicted octanol–water partition coefficient (Wildman–Crippen LogP) is -0.657. The van der Waals surface area contributed by atoms with E-state index in [0.29, 0.717) is 0 Å². The summed E-state index contributed by atoms with van der Waals surface area (Å²) in [5.74, 6) is 3.19. The lowest BCUT2D eigenvalue weighted by Crippen LogP contribution is -2.17. The number of hydrogen-bond donors (Lipinski definition) is 1. The normalized spacial score (nSPS) is 17.1. The molecule has 0 bridgehead atoms. The van der Waals surface area contributed by atoms with Gasteiger partial charge in [0.1, 0.15) is 0 Å². The quantitative estimate of drug-likeness (QED) is 0.413. The molecule has 5 heteroatoms. The molecule has 0 spiro atoms. The molecule has 0 aromatic carbocycles. The molecule has 48 valence electrons. The maximum atomic E-state index is 10.4. The second kappa shape index (κ2) is 2.78. The van der Waals surface area contributed by atoms with Crippen molar-refractivity contribution < 1.29 is 4.21 Å². The van der Waals surface area contributed by atoms with Crippen molar-refractivity contribution in [3.8, 4) is 0 Å². The highest BCUT2D eigenvalue weighted by molar-refractivity contribution is 7.98. The second-order valence-electron chi connectivity index (χ2n) is 1.43. The number of hydrogen-bond acceptors (Lipinski definition) is 3. The number of nitrogens with zero attached hydrogens (tertiary/aromatic N) is 1. The molecule has 0 aliphatic rings. The lowest BCUT2D eigenvalue weighted by Gasteiger charge is -1.93. The van der Waals surface area contributed by atoms with Crippen LogP contribution in [0, 0.1) is 4.91 Å². The first kappa shape index (κ1) is 7.58. The summed E-state index contributed by atoms with van der Waals surface area (Å²) >= 11 is 0. The Morgan fingerprint density at radius 3 is 2.38 bits per heavy atom. The zero-order valence-corrected chi connectivity index (χ0v) is 5.19. The molecule has 0 rings (SSSR count). The SMILES string of the molecule is C=S(N)(=O)CCN=O. The van der Waals surface area contributed by atoms with Crippen molar-refractivity contribution in [2.75, 3.05) is 12.3 Å². The highest BCUT2D eigenvalue weighted by atomic mass is 32.2. The Kier molecular flexibility index (Phi) is 2.64. The van der Waals surface area contributed by atoms with Crippen LogP contribution in [0.5, 0.6) is 0 Å². The van der Waals surface area contributed by atoms with E-state index in [9.17, 15) is 9.12 Å². The molecule has 0 aromatic heterocycles. The number of nitroso groups, excluding NO2 is 1. The Bertz CT molecular complexity index is 160. The predicted molar refractivity (Wildman–Crippen MR) is 35.0 cm³/mol. The summed E-state index contributed by atoms with van der Waals surface area (Å²) in [5, 5.41) is 7.41. The molecule has 1 unspecified atom stereocenters. The van der Waals surface area contributed by atoms with Crippen LogP contribution in [0.2, 0.25) is 0 Å². The third-order valence-electron chi connectivity index (χ3n) is 0.528. The van der Waals surface area contributed by atoms with E-state index in [2.05, 4.69) is 11.0 Å². The average Bonchev–Trinajstić information content (AvgIpc) is 1.59. The summed E-state index contributed by atoms with van der Waals surface area (Å²) in [4.78, 5) is 9.39. The molecule has 0 aliphatic heterocycles. The summed E-state index contributed by atoms with van der Waals surface area (Å²) in [6, 6.07) is 0. The molecule has 4 nitrogen and oxygen atoms in total. The van der Waals surface area contributed by atoms with Crippen LogP contribution in [0.3, 0.4) is 0 Å². The summed E-state index contributed by atoms with van der Waals surface area (Å²) in [6.07, 6.45) is 0. The van der Waals surface area contributed by atoms with E-state index in [4.69, 9.17) is 5.14 Å². The fourth-order valence-corrected chi connectivity index (χ4v) is 0.575. The Morgan fingerprint density at radius 2 is 2.25 bits per heavy atom. The van der Waals surface area contributed by atoms with Gasteiger partial charge in [0, 0.05) is 9.71 Å². The topological polar surface area (TPSA) is 72.5 Å². The number of rotatable bonds is 3. The maximum Gasteiger partial charge on any atom is 0.0932 e. The summed E-state index contributed by atoms with van der Waals surface area (Å²) in [7, 11) is -2.48. The van der Waals surface area contributed by atoms with Gasteiger partial charge >= 0.3 is 0 Å². The standard InChI is InChI=1S/C3H8N2O2S/c1-8(4,7)3-2-5-6/h1-3H2,(H2,4,7). The van der Waals surface area contributed by atoms with Gasteiger partial charge in [-0.2, -0.15) is 4.91 Å². The highest BCUT2D eigenvalue weighted by Crippen LogP contribution is 1.76. The van der Waals surface area contributed by atoms with Crippen molar-refractivity contribution in [1.82, 2.24) is 0 Å². The molecule has 0 aliphatic carbocycles. The lowest BCUT2D eigenvalue weighted by molar-refractivity contribution is 0.682. The minimum Gasteiger partial charge on any atom is -0.259 e. The van der Waals surface area contributed by atoms with Crippen LogP contribution in [0.1, 0.15) is 0 Å². The van der Waals surface area contributed by atoms with Crippen LogP contribution in [0.15, 0.2) is 5.18 Å². The first-order valence-corrected chi connectivity index (χ1v) is 3.94. The van der Waals surface area contributed by atoms with Gasteiger partial charge in [0.2, 0.25) is 0 Å². The van der Waals surface area contributed by atoms with Crippen LogP contribution < -0.4 is 5.14 Å². The van der Waals surface area contributed by atoms with Crippen molar-refractivity contribution >= 4 is 15.6 Å². The second-order valence-corrected chi connectivity index (χ2v) is 3.57. The van der Waals surface area contributed by atoms with E-state index < -0.39 is 9.71 Å². The molecule has 2 N–H and O–H groups in total. The first-order chi connectivity index (χ1) is 3.56. The van der Waals surface area contributed by atoms with Crippen LogP contribution in [-0.4, -0.2) is 22.4 Å². The fraction of sp³-hybridized carbons (Fsp3) is 0.667. The van der Waals surface area contributed by atoms with Gasteiger partial charge < -0.3 is 0 Å². The fourth-order valence-electron chi connectivity index (χ4n) is 0.192. The Labute approximate surface area is 48.2 Å². The van der Waals surface area contributed by atoms with Crippen molar-refractivity contribution in [2.45, 2.75) is 0 Å². The van der Waals surface area contributed by atoms with Crippen molar-refractivity contribution in [3.63, 3.8) is 0 Å². The third kappa shape index (κ3) is 5.58. The lowest BCUT2D eigenvalue weighted by atomic mass is 10.8. The van der Waals surface area contributed by atoms with Gasteiger partial charge in [-0.15, -0.1) is 0 Å². The molecule has 1 atom stereocenters. The van der Waals surface area contributed by atoms with Gasteiger partial charge in [0.05, 0.1) is 12.3 Å². The van der Waals surface area contributed by atoms with E-state index in [1.54, 1.807) is 0 Å². The minimum absolute atomic E-state index is 0.0150. The highest BCUT2D eigenvalue weighted by Gasteiger charge is 1.92. The van der Waals surface area contributed by atoms with Gasteiger partial charge in [-0.3, -0.25) is 9.35 Å². The summed E-state index contributed by atoms with van der Waals surface area (Å²) in [5.41, 5.74) is 0. The maximum absolute atomic E-state index is 10.4. The van der Waals surface area contributed by atoms with Gasteiger partial charge in [-0.1, -0.05) is 5.18 Å². The molecule has 0 fully saturated rings. The zero-order valence-electron chi connectivity index (χ0n) is 4.37. The van der Waals surface area contributed by atoms with Crippen LogP contribution in [0.4, 0.5) is 0 Å². The molecular formula is C3H8N2O2S. The zero-order chi connectivity index (χ0) is 6.62. The third-order valence-corrected chi connectivity index (χ3v) is 1.40. The van der Waals surface area contributed by atoms with E-state index in [-0.39, 0.29) is 12.3 Å². The van der Waals surface area contributed by atoms with Crippen LogP contribution in [-0.2, 0) is 9.71 Å². The molecule has 0 saturated heterocycles. The van der Waals surface area contributed by atoms with Crippen LogP contribution in [0.25, 0.3) is 0 Å². The Balaban J connectivity index is 3.57. The van der Waals surface area contributed by atoms with Gasteiger partial charge in [-0.25, -0.2) is 0 Å². The van der Waals surface area contributed by atoms with Crippen molar-refractivity contribution in [2.24, 2.45) is 10.3 Å². The molecule has 0 saturated carbocycles. The van der Waals surface area contributed by atoms with Crippen LogP contribution >= 0.6 is 0 Å². The summed E-state index contributed by atoms with van der Waals surface area (Å²) in [6.45, 7) is -0.0150. The smallest absolute Gasteiger partial charge is 0.0932 e. The molecule has 0 amide bonds. The largest absolute Gasteiger partial charge is 0.259 e. The monoisotopic (exact) mass is 136 g/mol. The van der Waals surface area contributed by atoms with Gasteiger partial charge in [-0.05, 0) is 5.87 Å². The van der Waals surface area contributed by atoms with E-state index >= 15 is 0 Å². The average molecular weight is 136 g/mol.